The van der Waals surface area contributed by atoms with Gasteiger partial charge >= 0.3 is 0 Å². The summed E-state index contributed by atoms with van der Waals surface area (Å²) >= 11 is 21.0. The van der Waals surface area contributed by atoms with Crippen LogP contribution in [0.1, 0.15) is 35.4 Å². The van der Waals surface area contributed by atoms with Crippen molar-refractivity contribution in [3.8, 4) is 0 Å². The van der Waals surface area contributed by atoms with Crippen molar-refractivity contribution in [2.75, 3.05) is 0 Å². The number of rotatable bonds is 2. The van der Waals surface area contributed by atoms with Gasteiger partial charge in [0, 0.05) is 12.1 Å². The Morgan fingerprint density at radius 2 is 1.17 bits per heavy atom. The zero-order chi connectivity index (χ0) is 22.0. The summed E-state index contributed by atoms with van der Waals surface area (Å²) in [5, 5.41) is 0.201. The van der Waals surface area contributed by atoms with Gasteiger partial charge in [-0.15, -0.1) is 11.6 Å². The standard InChI is InChI=1S/C10H7BrClFN2.C10H7Cl2FN2/c2*1-5(11)9-10(12)15-8-4-6(13)2-3-7(8)14-9/h2*2-5H,1H3. The van der Waals surface area contributed by atoms with E-state index in [2.05, 4.69) is 35.9 Å². The van der Waals surface area contributed by atoms with Crippen molar-refractivity contribution in [3.05, 3.63) is 69.7 Å². The Hall–Kier alpha value is -1.67. The van der Waals surface area contributed by atoms with Gasteiger partial charge in [-0.25, -0.2) is 28.7 Å². The first kappa shape index (κ1) is 23.0. The maximum absolute atomic E-state index is 12.9. The van der Waals surface area contributed by atoms with Crippen molar-refractivity contribution < 1.29 is 8.78 Å². The average molecular weight is 535 g/mol. The molecule has 0 saturated heterocycles. The summed E-state index contributed by atoms with van der Waals surface area (Å²) in [6.07, 6.45) is 0. The van der Waals surface area contributed by atoms with Crippen molar-refractivity contribution in [2.24, 2.45) is 0 Å². The normalized spacial score (nSPS) is 13.1. The van der Waals surface area contributed by atoms with Crippen LogP contribution in [-0.4, -0.2) is 19.9 Å². The first-order valence-electron chi connectivity index (χ1n) is 8.69. The molecule has 0 fully saturated rings. The first-order valence-corrected chi connectivity index (χ1v) is 10.8. The molecular weight excluding hydrogens is 521 g/mol. The molecule has 4 aromatic rings. The molecule has 0 spiro atoms. The van der Waals surface area contributed by atoms with Gasteiger partial charge in [0.05, 0.1) is 43.7 Å². The Labute approximate surface area is 194 Å². The minimum atomic E-state index is -0.362. The van der Waals surface area contributed by atoms with Crippen molar-refractivity contribution >= 4 is 72.8 Å². The van der Waals surface area contributed by atoms with Gasteiger partial charge in [-0.2, -0.15) is 0 Å². The topological polar surface area (TPSA) is 51.6 Å². The van der Waals surface area contributed by atoms with Gasteiger partial charge in [0.2, 0.25) is 0 Å². The van der Waals surface area contributed by atoms with Crippen LogP contribution in [0.2, 0.25) is 10.3 Å². The van der Waals surface area contributed by atoms with E-state index in [1.807, 2.05) is 6.92 Å². The highest BCUT2D eigenvalue weighted by molar-refractivity contribution is 9.09. The lowest BCUT2D eigenvalue weighted by Gasteiger charge is -2.06. The lowest BCUT2D eigenvalue weighted by molar-refractivity contribution is 0.628. The fourth-order valence-electron chi connectivity index (χ4n) is 2.55. The van der Waals surface area contributed by atoms with Gasteiger partial charge in [0.15, 0.2) is 10.3 Å². The molecule has 2 unspecified atom stereocenters. The van der Waals surface area contributed by atoms with Gasteiger partial charge in [0.25, 0.3) is 0 Å². The highest BCUT2D eigenvalue weighted by atomic mass is 79.9. The van der Waals surface area contributed by atoms with Crippen LogP contribution in [0.15, 0.2) is 36.4 Å². The van der Waals surface area contributed by atoms with E-state index in [1.165, 1.54) is 24.3 Å². The lowest BCUT2D eigenvalue weighted by atomic mass is 10.2. The van der Waals surface area contributed by atoms with E-state index < -0.39 is 0 Å². The van der Waals surface area contributed by atoms with Crippen molar-refractivity contribution in [1.82, 2.24) is 19.9 Å². The molecule has 0 amide bonds. The monoisotopic (exact) mass is 532 g/mol. The third kappa shape index (κ3) is 5.32. The van der Waals surface area contributed by atoms with E-state index in [-0.39, 0.29) is 27.0 Å². The second-order valence-corrected chi connectivity index (χ2v) is 9.04. The quantitative estimate of drug-likeness (QED) is 0.249. The maximum Gasteiger partial charge on any atom is 0.152 e. The van der Waals surface area contributed by atoms with Crippen LogP contribution in [0.5, 0.6) is 0 Å². The van der Waals surface area contributed by atoms with Crippen molar-refractivity contribution in [1.29, 1.82) is 0 Å². The molecule has 4 rings (SSSR count). The largest absolute Gasteiger partial charge is 0.247 e. The molecule has 0 aliphatic rings. The Morgan fingerprint density at radius 3 is 1.60 bits per heavy atom. The number of benzene rings is 2. The smallest absolute Gasteiger partial charge is 0.152 e. The molecule has 2 aromatic carbocycles. The molecule has 2 heterocycles. The zero-order valence-corrected chi connectivity index (χ0v) is 19.5. The second-order valence-electron chi connectivity index (χ2n) is 6.30. The van der Waals surface area contributed by atoms with Crippen molar-refractivity contribution in [3.63, 3.8) is 0 Å². The summed E-state index contributed by atoms with van der Waals surface area (Å²) in [6.45, 7) is 3.66. The highest BCUT2D eigenvalue weighted by Crippen LogP contribution is 2.28. The predicted octanol–water partition coefficient (Wildman–Crippen LogP) is 7.60. The number of alkyl halides is 2. The van der Waals surface area contributed by atoms with E-state index >= 15 is 0 Å². The van der Waals surface area contributed by atoms with Gasteiger partial charge < -0.3 is 0 Å². The van der Waals surface area contributed by atoms with Gasteiger partial charge in [0.1, 0.15) is 11.6 Å². The minimum absolute atomic E-state index is 0.0203. The number of aromatic nitrogens is 4. The first-order chi connectivity index (χ1) is 14.2. The minimum Gasteiger partial charge on any atom is -0.247 e. The Bertz CT molecular complexity index is 1130. The second kappa shape index (κ2) is 9.64. The van der Waals surface area contributed by atoms with Crippen LogP contribution < -0.4 is 0 Å². The summed E-state index contributed by atoms with van der Waals surface area (Å²) in [5.74, 6) is -0.702. The van der Waals surface area contributed by atoms with E-state index in [4.69, 9.17) is 34.8 Å². The third-order valence-corrected chi connectivity index (χ3v) is 5.17. The molecule has 156 valence electrons. The SMILES string of the molecule is CC(Br)c1nc2ccc(F)cc2nc1Cl.CC(Cl)c1nc2ccc(F)cc2nc1Cl. The average Bonchev–Trinajstić information content (AvgIpc) is 2.66. The number of halogens is 6. The Balaban J connectivity index is 0.000000171. The summed E-state index contributed by atoms with van der Waals surface area (Å²) < 4.78 is 25.8. The molecule has 0 aliphatic heterocycles. The van der Waals surface area contributed by atoms with E-state index in [1.54, 1.807) is 19.1 Å². The van der Waals surface area contributed by atoms with Crippen LogP contribution in [-0.2, 0) is 0 Å². The lowest BCUT2D eigenvalue weighted by Crippen LogP contribution is -1.96. The zero-order valence-electron chi connectivity index (χ0n) is 15.7. The Kier molecular flexibility index (Phi) is 7.39. The molecule has 0 N–H and O–H groups in total. The van der Waals surface area contributed by atoms with E-state index in [0.29, 0.717) is 38.6 Å². The maximum atomic E-state index is 12.9. The molecule has 30 heavy (non-hydrogen) atoms. The van der Waals surface area contributed by atoms with Gasteiger partial charge in [-0.1, -0.05) is 39.1 Å². The predicted molar refractivity (Wildman–Crippen MR) is 121 cm³/mol. The van der Waals surface area contributed by atoms with Crippen LogP contribution in [0.4, 0.5) is 8.78 Å². The molecule has 0 aliphatic carbocycles. The van der Waals surface area contributed by atoms with E-state index in [9.17, 15) is 8.78 Å². The molecule has 0 bridgehead atoms. The molecule has 10 heteroatoms. The van der Waals surface area contributed by atoms with Gasteiger partial charge in [-0.3, -0.25) is 0 Å². The molecular formula is C20H14BrCl3F2N4. The molecule has 4 nitrogen and oxygen atoms in total. The van der Waals surface area contributed by atoms with Crippen LogP contribution in [0, 0.1) is 11.6 Å². The molecule has 2 atom stereocenters. The third-order valence-electron chi connectivity index (χ3n) is 3.97. The number of hydrogen-bond donors (Lipinski definition) is 0. The molecule has 2 aromatic heterocycles. The summed E-state index contributed by atoms with van der Waals surface area (Å²) in [4.78, 5) is 16.7. The Morgan fingerprint density at radius 1 is 0.733 bits per heavy atom. The fraction of sp³-hybridized carbons (Fsp3) is 0.200. The summed E-state index contributed by atoms with van der Waals surface area (Å²) in [5.41, 5.74) is 3.30. The summed E-state index contributed by atoms with van der Waals surface area (Å²) in [6, 6.07) is 8.43. The van der Waals surface area contributed by atoms with Crippen LogP contribution in [0.25, 0.3) is 22.1 Å². The molecule has 0 radical (unpaired) electrons. The molecule has 0 saturated carbocycles. The number of hydrogen-bond acceptors (Lipinski definition) is 4. The number of fused-ring (bicyclic) bond motifs is 2. The fourth-order valence-corrected chi connectivity index (χ4v) is 3.80. The van der Waals surface area contributed by atoms with Gasteiger partial charge in [-0.05, 0) is 38.1 Å². The number of nitrogens with zero attached hydrogens (tertiary/aromatic N) is 4. The van der Waals surface area contributed by atoms with Crippen LogP contribution >= 0.6 is 50.7 Å². The summed E-state index contributed by atoms with van der Waals surface area (Å²) in [7, 11) is 0. The van der Waals surface area contributed by atoms with Crippen LogP contribution in [0.3, 0.4) is 0 Å². The van der Waals surface area contributed by atoms with Crippen molar-refractivity contribution in [2.45, 2.75) is 24.1 Å². The van der Waals surface area contributed by atoms with E-state index in [0.717, 1.165) is 0 Å². The highest BCUT2D eigenvalue weighted by Gasteiger charge is 2.12.